The first-order chi connectivity index (χ1) is 8.46. The molecule has 0 amide bonds. The van der Waals surface area contributed by atoms with E-state index in [9.17, 15) is 0 Å². The molecule has 0 saturated heterocycles. The maximum Gasteiger partial charge on any atom is 0.157 e. The third-order valence-corrected chi connectivity index (χ3v) is 4.94. The number of halogens is 1. The largest absolute Gasteiger partial charge is 0.358 e. The van der Waals surface area contributed by atoms with Gasteiger partial charge in [0.2, 0.25) is 0 Å². The minimum atomic E-state index is 0.297. The Morgan fingerprint density at radius 2 is 2.00 bits per heavy atom. The van der Waals surface area contributed by atoms with Gasteiger partial charge in [-0.3, -0.25) is 4.99 Å². The van der Waals surface area contributed by atoms with E-state index in [1.807, 2.05) is 11.8 Å². The highest BCUT2D eigenvalue weighted by atomic mass is 79.9. The molecule has 0 aliphatic carbocycles. The van der Waals surface area contributed by atoms with E-state index in [4.69, 9.17) is 0 Å². The number of aliphatic imine (C=N–C) groups is 1. The normalized spacial score (nSPS) is 20.1. The van der Waals surface area contributed by atoms with Crippen LogP contribution in [0.4, 0.5) is 0 Å². The Balaban J connectivity index is 1.98. The van der Waals surface area contributed by atoms with Crippen molar-refractivity contribution in [2.24, 2.45) is 10.4 Å². The van der Waals surface area contributed by atoms with Crippen LogP contribution in [0.5, 0.6) is 0 Å². The molecule has 1 aliphatic rings. The molecule has 18 heavy (non-hydrogen) atoms. The Bertz CT molecular complexity index is 440. The second-order valence-corrected chi connectivity index (χ2v) is 7.37. The predicted octanol–water partition coefficient (Wildman–Crippen LogP) is 4.23. The first kappa shape index (κ1) is 13.9. The lowest BCUT2D eigenvalue weighted by Crippen LogP contribution is -2.32. The van der Waals surface area contributed by atoms with Crippen molar-refractivity contribution < 1.29 is 0 Å². The summed E-state index contributed by atoms with van der Waals surface area (Å²) in [5, 5.41) is 4.56. The Morgan fingerprint density at radius 1 is 1.33 bits per heavy atom. The molecule has 0 bridgehead atoms. The fourth-order valence-corrected chi connectivity index (χ4v) is 3.05. The summed E-state index contributed by atoms with van der Waals surface area (Å²) in [5.74, 6) is 1.13. The summed E-state index contributed by atoms with van der Waals surface area (Å²) < 4.78 is 1.12. The van der Waals surface area contributed by atoms with Gasteiger partial charge < -0.3 is 5.32 Å². The van der Waals surface area contributed by atoms with Gasteiger partial charge in [0.05, 0.1) is 6.04 Å². The molecule has 1 unspecified atom stereocenters. The maximum absolute atomic E-state index is 4.62. The number of amidine groups is 1. The van der Waals surface area contributed by atoms with Crippen molar-refractivity contribution in [2.45, 2.75) is 26.8 Å². The topological polar surface area (TPSA) is 24.4 Å². The van der Waals surface area contributed by atoms with Gasteiger partial charge in [0.1, 0.15) is 0 Å². The van der Waals surface area contributed by atoms with E-state index < -0.39 is 0 Å². The SMILES string of the molecule is CC(NC1=NCC(C)(C)CS1)c1ccc(Br)cc1. The van der Waals surface area contributed by atoms with Gasteiger partial charge in [0.25, 0.3) is 0 Å². The van der Waals surface area contributed by atoms with Crippen LogP contribution in [0.2, 0.25) is 0 Å². The van der Waals surface area contributed by atoms with Crippen LogP contribution in [0.15, 0.2) is 33.7 Å². The zero-order valence-electron chi connectivity index (χ0n) is 11.0. The molecule has 1 N–H and O–H groups in total. The van der Waals surface area contributed by atoms with Gasteiger partial charge in [-0.15, -0.1) is 0 Å². The van der Waals surface area contributed by atoms with Crippen molar-refractivity contribution >= 4 is 32.9 Å². The summed E-state index contributed by atoms with van der Waals surface area (Å²) in [6.45, 7) is 7.61. The van der Waals surface area contributed by atoms with Crippen molar-refractivity contribution in [3.05, 3.63) is 34.3 Å². The molecular formula is C14H19BrN2S. The van der Waals surface area contributed by atoms with E-state index in [0.29, 0.717) is 11.5 Å². The number of benzene rings is 1. The van der Waals surface area contributed by atoms with Crippen LogP contribution >= 0.6 is 27.7 Å². The van der Waals surface area contributed by atoms with Crippen LogP contribution in [0.25, 0.3) is 0 Å². The Kier molecular flexibility index (Phi) is 4.38. The number of nitrogens with zero attached hydrogens (tertiary/aromatic N) is 1. The van der Waals surface area contributed by atoms with Crippen LogP contribution in [0.3, 0.4) is 0 Å². The van der Waals surface area contributed by atoms with Crippen LogP contribution in [0.1, 0.15) is 32.4 Å². The van der Waals surface area contributed by atoms with Gasteiger partial charge in [0.15, 0.2) is 5.17 Å². The lowest BCUT2D eigenvalue weighted by Gasteiger charge is -2.28. The van der Waals surface area contributed by atoms with Crippen molar-refractivity contribution in [2.75, 3.05) is 12.3 Å². The fourth-order valence-electron chi connectivity index (χ4n) is 1.75. The smallest absolute Gasteiger partial charge is 0.157 e. The number of thioether (sulfide) groups is 1. The van der Waals surface area contributed by atoms with Gasteiger partial charge in [-0.05, 0) is 30.0 Å². The zero-order valence-corrected chi connectivity index (χ0v) is 13.4. The highest BCUT2D eigenvalue weighted by Gasteiger charge is 2.23. The summed E-state index contributed by atoms with van der Waals surface area (Å²) in [5.41, 5.74) is 1.61. The van der Waals surface area contributed by atoms with Crippen LogP contribution in [0, 0.1) is 5.41 Å². The van der Waals surface area contributed by atoms with Gasteiger partial charge in [0, 0.05) is 16.8 Å². The molecule has 0 aromatic heterocycles. The number of rotatable bonds is 2. The fraction of sp³-hybridized carbons (Fsp3) is 0.500. The standard InChI is InChI=1S/C14H19BrN2S/c1-10(11-4-6-12(15)7-5-11)17-13-16-8-14(2,3)9-18-13/h4-7,10H,8-9H2,1-3H3,(H,16,17). The molecule has 0 saturated carbocycles. The quantitative estimate of drug-likeness (QED) is 0.879. The Morgan fingerprint density at radius 3 is 2.56 bits per heavy atom. The van der Waals surface area contributed by atoms with Gasteiger partial charge in [-0.25, -0.2) is 0 Å². The summed E-state index contributed by atoms with van der Waals surface area (Å²) in [6.07, 6.45) is 0. The molecule has 1 aliphatic heterocycles. The number of nitrogens with one attached hydrogen (secondary N) is 1. The third-order valence-electron chi connectivity index (χ3n) is 2.96. The molecule has 0 radical (unpaired) electrons. The van der Waals surface area contributed by atoms with Gasteiger partial charge >= 0.3 is 0 Å². The van der Waals surface area contributed by atoms with Gasteiger partial charge in [-0.1, -0.05) is 53.7 Å². The highest BCUT2D eigenvalue weighted by Crippen LogP contribution is 2.28. The molecule has 0 fully saturated rings. The van der Waals surface area contributed by atoms with Crippen molar-refractivity contribution in [3.63, 3.8) is 0 Å². The zero-order chi connectivity index (χ0) is 13.2. The highest BCUT2D eigenvalue weighted by molar-refractivity contribution is 9.10. The van der Waals surface area contributed by atoms with E-state index in [0.717, 1.165) is 21.9 Å². The molecule has 2 nitrogen and oxygen atoms in total. The molecule has 1 aromatic rings. The third kappa shape index (κ3) is 3.75. The van der Waals surface area contributed by atoms with Crippen LogP contribution in [-0.4, -0.2) is 17.5 Å². The van der Waals surface area contributed by atoms with Crippen LogP contribution in [-0.2, 0) is 0 Å². The molecule has 1 heterocycles. The molecule has 4 heteroatoms. The first-order valence-electron chi connectivity index (χ1n) is 6.15. The van der Waals surface area contributed by atoms with E-state index in [2.05, 4.69) is 71.3 Å². The second-order valence-electron chi connectivity index (χ2n) is 5.49. The Labute approximate surface area is 122 Å². The monoisotopic (exact) mass is 326 g/mol. The van der Waals surface area contributed by atoms with Crippen molar-refractivity contribution in [1.82, 2.24) is 5.32 Å². The first-order valence-corrected chi connectivity index (χ1v) is 7.93. The predicted molar refractivity (Wildman–Crippen MR) is 84.2 cm³/mol. The molecule has 2 rings (SSSR count). The lowest BCUT2D eigenvalue weighted by molar-refractivity contribution is 0.436. The molecule has 0 spiro atoms. The average molecular weight is 327 g/mol. The molecule has 1 atom stereocenters. The Hall–Kier alpha value is -0.480. The van der Waals surface area contributed by atoms with Crippen molar-refractivity contribution in [1.29, 1.82) is 0 Å². The molecule has 1 aromatic carbocycles. The molecule has 98 valence electrons. The minimum absolute atomic E-state index is 0.297. The average Bonchev–Trinajstić information content (AvgIpc) is 2.33. The molecular weight excluding hydrogens is 308 g/mol. The van der Waals surface area contributed by atoms with E-state index in [-0.39, 0.29) is 0 Å². The summed E-state index contributed by atoms with van der Waals surface area (Å²) >= 11 is 5.28. The van der Waals surface area contributed by atoms with Gasteiger partial charge in [-0.2, -0.15) is 0 Å². The van der Waals surface area contributed by atoms with Crippen LogP contribution < -0.4 is 5.32 Å². The summed E-state index contributed by atoms with van der Waals surface area (Å²) in [6, 6.07) is 8.73. The van der Waals surface area contributed by atoms with E-state index in [1.54, 1.807) is 0 Å². The number of hydrogen-bond acceptors (Lipinski definition) is 3. The number of hydrogen-bond donors (Lipinski definition) is 1. The van der Waals surface area contributed by atoms with E-state index in [1.165, 1.54) is 5.56 Å². The van der Waals surface area contributed by atoms with E-state index >= 15 is 0 Å². The van der Waals surface area contributed by atoms with Crippen molar-refractivity contribution in [3.8, 4) is 0 Å². The minimum Gasteiger partial charge on any atom is -0.358 e. The second kappa shape index (κ2) is 5.66. The maximum atomic E-state index is 4.62. The summed E-state index contributed by atoms with van der Waals surface area (Å²) in [4.78, 5) is 4.62. The summed E-state index contributed by atoms with van der Waals surface area (Å²) in [7, 11) is 0. The lowest BCUT2D eigenvalue weighted by atomic mass is 9.97.